The predicted octanol–water partition coefficient (Wildman–Crippen LogP) is 1.55. The molecule has 1 aromatic rings. The highest BCUT2D eigenvalue weighted by molar-refractivity contribution is 7.88. The van der Waals surface area contributed by atoms with Crippen LogP contribution in [-0.2, 0) is 16.6 Å². The lowest BCUT2D eigenvalue weighted by Gasteiger charge is -2.24. The van der Waals surface area contributed by atoms with E-state index in [-0.39, 0.29) is 11.9 Å². The van der Waals surface area contributed by atoms with E-state index in [1.165, 1.54) is 12.3 Å². The third-order valence-corrected chi connectivity index (χ3v) is 5.34. The zero-order valence-corrected chi connectivity index (χ0v) is 14.3. The second-order valence-corrected chi connectivity index (χ2v) is 8.32. The van der Waals surface area contributed by atoms with Gasteiger partial charge in [-0.2, -0.15) is 0 Å². The van der Waals surface area contributed by atoms with Gasteiger partial charge in [0.2, 0.25) is 10.0 Å². The van der Waals surface area contributed by atoms with E-state index in [9.17, 15) is 12.8 Å². The van der Waals surface area contributed by atoms with Crippen LogP contribution in [0.25, 0.3) is 0 Å². The van der Waals surface area contributed by atoms with Crippen LogP contribution in [0.4, 0.5) is 10.1 Å². The number of hydrogen-bond acceptors (Lipinski definition) is 4. The third-order valence-electron chi connectivity index (χ3n) is 4.58. The fourth-order valence-corrected chi connectivity index (χ4v) is 4.35. The Bertz CT molecular complexity index is 659. The highest BCUT2D eigenvalue weighted by Gasteiger charge is 2.27. The standard InChI is InChI=1S/C16H24FN3O2S/c1-23(21,22)18-13-7-10-19(11-13)12-14-15(17)5-4-6-16(14)20-8-2-3-9-20/h4-6,13,18H,2-3,7-12H2,1H3/t13-/m1/s1. The smallest absolute Gasteiger partial charge is 0.208 e. The average molecular weight is 341 g/mol. The monoisotopic (exact) mass is 341 g/mol. The fourth-order valence-electron chi connectivity index (χ4n) is 3.56. The van der Waals surface area contributed by atoms with E-state index in [4.69, 9.17) is 0 Å². The molecule has 128 valence electrons. The second-order valence-electron chi connectivity index (χ2n) is 6.54. The molecule has 1 aromatic carbocycles. The van der Waals surface area contributed by atoms with Gasteiger partial charge in [-0.3, -0.25) is 4.90 Å². The summed E-state index contributed by atoms with van der Waals surface area (Å²) in [4.78, 5) is 4.38. The van der Waals surface area contributed by atoms with Gasteiger partial charge in [0, 0.05) is 50.0 Å². The number of likely N-dealkylation sites (tertiary alicyclic amines) is 1. The molecule has 0 radical (unpaired) electrons. The van der Waals surface area contributed by atoms with E-state index in [0.29, 0.717) is 13.1 Å². The summed E-state index contributed by atoms with van der Waals surface area (Å²) in [6, 6.07) is 5.19. The van der Waals surface area contributed by atoms with Crippen molar-refractivity contribution in [2.24, 2.45) is 0 Å². The van der Waals surface area contributed by atoms with Crippen LogP contribution in [0.15, 0.2) is 18.2 Å². The van der Waals surface area contributed by atoms with Crippen LogP contribution in [0.1, 0.15) is 24.8 Å². The van der Waals surface area contributed by atoms with E-state index in [1.807, 2.05) is 6.07 Å². The van der Waals surface area contributed by atoms with Gasteiger partial charge < -0.3 is 4.90 Å². The molecule has 0 bridgehead atoms. The second kappa shape index (κ2) is 6.75. The molecule has 0 unspecified atom stereocenters. The van der Waals surface area contributed by atoms with Crippen molar-refractivity contribution in [2.75, 3.05) is 37.3 Å². The molecule has 2 fully saturated rings. The summed E-state index contributed by atoms with van der Waals surface area (Å²) in [6.45, 7) is 3.89. The summed E-state index contributed by atoms with van der Waals surface area (Å²) in [7, 11) is -3.19. The van der Waals surface area contributed by atoms with Crippen LogP contribution in [-0.4, -0.2) is 51.8 Å². The largest absolute Gasteiger partial charge is 0.371 e. The van der Waals surface area contributed by atoms with Gasteiger partial charge in [0.05, 0.1) is 6.26 Å². The minimum atomic E-state index is -3.19. The van der Waals surface area contributed by atoms with Gasteiger partial charge in [0.15, 0.2) is 0 Å². The molecular weight excluding hydrogens is 317 g/mol. The molecule has 23 heavy (non-hydrogen) atoms. The van der Waals surface area contributed by atoms with Crippen LogP contribution < -0.4 is 9.62 Å². The molecule has 2 heterocycles. The Balaban J connectivity index is 1.71. The van der Waals surface area contributed by atoms with Gasteiger partial charge in [0.1, 0.15) is 5.82 Å². The number of nitrogens with zero attached hydrogens (tertiary/aromatic N) is 2. The van der Waals surface area contributed by atoms with Crippen LogP contribution in [0.2, 0.25) is 0 Å². The molecule has 0 amide bonds. The van der Waals surface area contributed by atoms with Crippen LogP contribution in [0.3, 0.4) is 0 Å². The maximum atomic E-state index is 14.4. The Morgan fingerprint density at radius 1 is 1.26 bits per heavy atom. The molecule has 7 heteroatoms. The molecule has 0 aromatic heterocycles. The van der Waals surface area contributed by atoms with E-state index < -0.39 is 10.0 Å². The Kier molecular flexibility index (Phi) is 4.89. The molecule has 0 saturated carbocycles. The number of halogens is 1. The predicted molar refractivity (Wildman–Crippen MR) is 89.5 cm³/mol. The summed E-state index contributed by atoms with van der Waals surface area (Å²) in [5.41, 5.74) is 1.72. The van der Waals surface area contributed by atoms with Crippen molar-refractivity contribution in [3.05, 3.63) is 29.6 Å². The average Bonchev–Trinajstić information content (AvgIpc) is 3.11. The van der Waals surface area contributed by atoms with Gasteiger partial charge in [-0.1, -0.05) is 6.07 Å². The minimum absolute atomic E-state index is 0.0768. The number of sulfonamides is 1. The van der Waals surface area contributed by atoms with Crippen molar-refractivity contribution < 1.29 is 12.8 Å². The summed E-state index contributed by atoms with van der Waals surface area (Å²) in [5, 5.41) is 0. The lowest BCUT2D eigenvalue weighted by Crippen LogP contribution is -2.36. The first-order chi connectivity index (χ1) is 10.9. The lowest BCUT2D eigenvalue weighted by molar-refractivity contribution is 0.319. The Labute approximate surface area is 137 Å². The van der Waals surface area contributed by atoms with Crippen LogP contribution in [0, 0.1) is 5.82 Å². The molecule has 0 spiro atoms. The number of nitrogens with one attached hydrogen (secondary N) is 1. The van der Waals surface area contributed by atoms with Crippen molar-refractivity contribution in [1.82, 2.24) is 9.62 Å². The first-order valence-corrected chi connectivity index (χ1v) is 10.0. The molecule has 2 aliphatic rings. The van der Waals surface area contributed by atoms with E-state index in [2.05, 4.69) is 14.5 Å². The maximum Gasteiger partial charge on any atom is 0.208 e. The summed E-state index contributed by atoms with van der Waals surface area (Å²) < 4.78 is 39.7. The van der Waals surface area contributed by atoms with Crippen molar-refractivity contribution in [2.45, 2.75) is 31.8 Å². The summed E-state index contributed by atoms with van der Waals surface area (Å²) >= 11 is 0. The van der Waals surface area contributed by atoms with Gasteiger partial charge in [0.25, 0.3) is 0 Å². The fraction of sp³-hybridized carbons (Fsp3) is 0.625. The van der Waals surface area contributed by atoms with Crippen molar-refractivity contribution in [3.63, 3.8) is 0 Å². The number of anilines is 1. The van der Waals surface area contributed by atoms with Gasteiger partial charge in [-0.15, -0.1) is 0 Å². The minimum Gasteiger partial charge on any atom is -0.371 e. The molecule has 1 atom stereocenters. The zero-order valence-electron chi connectivity index (χ0n) is 13.5. The Morgan fingerprint density at radius 2 is 2.00 bits per heavy atom. The zero-order chi connectivity index (χ0) is 16.4. The van der Waals surface area contributed by atoms with E-state index in [1.54, 1.807) is 6.07 Å². The number of rotatable bonds is 5. The molecular formula is C16H24FN3O2S. The molecule has 2 saturated heterocycles. The van der Waals surface area contributed by atoms with E-state index in [0.717, 1.165) is 50.1 Å². The van der Waals surface area contributed by atoms with Crippen LogP contribution in [0.5, 0.6) is 0 Å². The number of benzene rings is 1. The highest BCUT2D eigenvalue weighted by atomic mass is 32.2. The van der Waals surface area contributed by atoms with Crippen molar-refractivity contribution in [1.29, 1.82) is 0 Å². The molecule has 2 aliphatic heterocycles. The molecule has 1 N–H and O–H groups in total. The van der Waals surface area contributed by atoms with Gasteiger partial charge >= 0.3 is 0 Å². The molecule has 3 rings (SSSR count). The normalized spacial score (nSPS) is 22.9. The topological polar surface area (TPSA) is 52.7 Å². The SMILES string of the molecule is CS(=O)(=O)N[C@@H]1CCN(Cc2c(F)cccc2N2CCCC2)C1. The first-order valence-electron chi connectivity index (χ1n) is 8.14. The first kappa shape index (κ1) is 16.7. The van der Waals surface area contributed by atoms with Crippen LogP contribution >= 0.6 is 0 Å². The van der Waals surface area contributed by atoms with Gasteiger partial charge in [-0.05, 0) is 31.4 Å². The maximum absolute atomic E-state index is 14.4. The van der Waals surface area contributed by atoms with Gasteiger partial charge in [-0.25, -0.2) is 17.5 Å². The lowest BCUT2D eigenvalue weighted by atomic mass is 10.1. The van der Waals surface area contributed by atoms with Crippen molar-refractivity contribution in [3.8, 4) is 0 Å². The van der Waals surface area contributed by atoms with Crippen molar-refractivity contribution >= 4 is 15.7 Å². The number of hydrogen-bond donors (Lipinski definition) is 1. The Hall–Kier alpha value is -1.18. The molecule has 5 nitrogen and oxygen atoms in total. The molecule has 0 aliphatic carbocycles. The van der Waals surface area contributed by atoms with E-state index >= 15 is 0 Å². The highest BCUT2D eigenvalue weighted by Crippen LogP contribution is 2.28. The summed E-state index contributed by atoms with van der Waals surface area (Å²) in [6.07, 6.45) is 4.25. The summed E-state index contributed by atoms with van der Waals surface area (Å²) in [5.74, 6) is -0.172. The Morgan fingerprint density at radius 3 is 2.70 bits per heavy atom. The third kappa shape index (κ3) is 4.22. The quantitative estimate of drug-likeness (QED) is 0.883.